The fraction of sp³-hybridized carbons (Fsp3) is 0.333. The van der Waals surface area contributed by atoms with Gasteiger partial charge in [-0.25, -0.2) is 9.78 Å². The smallest absolute Gasteiger partial charge is 0.344 e. The van der Waals surface area contributed by atoms with Gasteiger partial charge in [-0.3, -0.25) is 4.79 Å². The zero-order chi connectivity index (χ0) is 25.0. The highest BCUT2D eigenvalue weighted by Crippen LogP contribution is 2.34. The SMILES string of the molecule is COc1cc(Br)cc(C=Nn2c(C(C)C)nc3ccc(Br)cc3c2=O)c1OCC(=O)OC(C)C. The summed E-state index contributed by atoms with van der Waals surface area (Å²) in [6, 6.07) is 8.82. The number of halogens is 2. The lowest BCUT2D eigenvalue weighted by atomic mass is 10.2. The number of hydrogen-bond acceptors (Lipinski definition) is 7. The monoisotopic (exact) mass is 593 g/mol. The number of ether oxygens (including phenoxy) is 3. The molecule has 0 fully saturated rings. The summed E-state index contributed by atoms with van der Waals surface area (Å²) in [5.74, 6) is 0.638. The van der Waals surface area contributed by atoms with Crippen LogP contribution in [0.1, 0.15) is 45.0 Å². The van der Waals surface area contributed by atoms with E-state index in [2.05, 4.69) is 41.9 Å². The molecule has 3 rings (SSSR count). The fourth-order valence-corrected chi connectivity index (χ4v) is 4.01. The summed E-state index contributed by atoms with van der Waals surface area (Å²) in [6.45, 7) is 7.09. The number of esters is 1. The van der Waals surface area contributed by atoms with E-state index >= 15 is 0 Å². The Labute approximate surface area is 214 Å². The van der Waals surface area contributed by atoms with Crippen LogP contribution in [0.25, 0.3) is 10.9 Å². The molecule has 3 aromatic rings. The van der Waals surface area contributed by atoms with Gasteiger partial charge in [0.05, 0.1) is 30.3 Å². The van der Waals surface area contributed by atoms with Crippen LogP contribution in [-0.4, -0.2) is 41.7 Å². The van der Waals surface area contributed by atoms with Gasteiger partial charge in [0.25, 0.3) is 5.56 Å². The van der Waals surface area contributed by atoms with E-state index in [0.29, 0.717) is 38.3 Å². The summed E-state index contributed by atoms with van der Waals surface area (Å²) in [5.41, 5.74) is 0.802. The molecule has 1 aromatic heterocycles. The van der Waals surface area contributed by atoms with Gasteiger partial charge < -0.3 is 14.2 Å². The summed E-state index contributed by atoms with van der Waals surface area (Å²) in [6.07, 6.45) is 1.22. The van der Waals surface area contributed by atoms with Crippen LogP contribution < -0.4 is 15.0 Å². The lowest BCUT2D eigenvalue weighted by Gasteiger charge is -2.15. The van der Waals surface area contributed by atoms with Gasteiger partial charge in [0.15, 0.2) is 18.1 Å². The number of carbonyl (C=O) groups is 1. The van der Waals surface area contributed by atoms with Crippen molar-refractivity contribution in [1.29, 1.82) is 0 Å². The lowest BCUT2D eigenvalue weighted by Crippen LogP contribution is -2.23. The standard InChI is InChI=1S/C24H25Br2N3O5/c1-13(2)23-28-19-7-6-16(25)9-18(19)24(31)29(23)27-11-15-8-17(26)10-20(32-5)22(15)33-12-21(30)34-14(3)4/h6-11,13-14H,12H2,1-5H3. The predicted molar refractivity (Wildman–Crippen MR) is 138 cm³/mol. The summed E-state index contributed by atoms with van der Waals surface area (Å²) in [4.78, 5) is 29.9. The van der Waals surface area contributed by atoms with Crippen LogP contribution in [0.4, 0.5) is 0 Å². The Balaban J connectivity index is 2.09. The number of hydrogen-bond donors (Lipinski definition) is 0. The molecule has 1 heterocycles. The molecular formula is C24H25Br2N3O5. The quantitative estimate of drug-likeness (QED) is 0.261. The van der Waals surface area contributed by atoms with E-state index in [1.165, 1.54) is 18.0 Å². The highest BCUT2D eigenvalue weighted by atomic mass is 79.9. The fourth-order valence-electron chi connectivity index (χ4n) is 3.19. The second kappa shape index (κ2) is 11.1. The maximum atomic E-state index is 13.3. The summed E-state index contributed by atoms with van der Waals surface area (Å²) in [7, 11) is 1.49. The molecule has 8 nitrogen and oxygen atoms in total. The van der Waals surface area contributed by atoms with Crippen molar-refractivity contribution in [2.24, 2.45) is 5.10 Å². The van der Waals surface area contributed by atoms with Gasteiger partial charge >= 0.3 is 5.97 Å². The number of benzene rings is 2. The molecule has 0 aliphatic heterocycles. The average Bonchev–Trinajstić information content (AvgIpc) is 2.76. The molecule has 0 saturated carbocycles. The molecule has 180 valence electrons. The number of rotatable bonds is 8. The minimum Gasteiger partial charge on any atom is -0.493 e. The van der Waals surface area contributed by atoms with E-state index in [0.717, 1.165) is 4.47 Å². The van der Waals surface area contributed by atoms with Crippen molar-refractivity contribution in [3.8, 4) is 11.5 Å². The largest absolute Gasteiger partial charge is 0.493 e. The van der Waals surface area contributed by atoms with Crippen LogP contribution in [0.5, 0.6) is 11.5 Å². The Kier molecular flexibility index (Phi) is 8.48. The first-order valence-corrected chi connectivity index (χ1v) is 12.2. The number of fused-ring (bicyclic) bond motifs is 1. The second-order valence-corrected chi connectivity index (χ2v) is 9.83. The van der Waals surface area contributed by atoms with Crippen LogP contribution in [0.2, 0.25) is 0 Å². The molecule has 0 saturated heterocycles. The van der Waals surface area contributed by atoms with Crippen molar-refractivity contribution in [2.75, 3.05) is 13.7 Å². The highest BCUT2D eigenvalue weighted by molar-refractivity contribution is 9.10. The van der Waals surface area contributed by atoms with Gasteiger partial charge in [-0.05, 0) is 44.2 Å². The van der Waals surface area contributed by atoms with Crippen LogP contribution in [0.3, 0.4) is 0 Å². The van der Waals surface area contributed by atoms with Gasteiger partial charge in [-0.2, -0.15) is 9.78 Å². The molecular weight excluding hydrogens is 570 g/mol. The molecule has 10 heteroatoms. The van der Waals surface area contributed by atoms with E-state index in [-0.39, 0.29) is 24.2 Å². The first kappa shape index (κ1) is 25.9. The number of carbonyl (C=O) groups excluding carboxylic acids is 1. The summed E-state index contributed by atoms with van der Waals surface area (Å²) < 4.78 is 19.1. The molecule has 0 aliphatic rings. The van der Waals surface area contributed by atoms with Crippen molar-refractivity contribution in [1.82, 2.24) is 9.66 Å². The molecule has 0 bridgehead atoms. The predicted octanol–water partition coefficient (Wildman–Crippen LogP) is 5.27. The van der Waals surface area contributed by atoms with E-state index in [1.54, 1.807) is 38.1 Å². The van der Waals surface area contributed by atoms with Gasteiger partial charge in [0.2, 0.25) is 0 Å². The van der Waals surface area contributed by atoms with Crippen LogP contribution >= 0.6 is 31.9 Å². The normalized spacial score (nSPS) is 11.6. The molecule has 0 aliphatic carbocycles. The molecule has 2 aromatic carbocycles. The molecule has 0 amide bonds. The van der Waals surface area contributed by atoms with Gasteiger partial charge in [-0.15, -0.1) is 0 Å². The lowest BCUT2D eigenvalue weighted by molar-refractivity contribution is -0.149. The van der Waals surface area contributed by atoms with E-state index < -0.39 is 5.97 Å². The Bertz CT molecular complexity index is 1300. The third-order valence-corrected chi connectivity index (χ3v) is 5.58. The number of aromatic nitrogens is 2. The molecule has 0 radical (unpaired) electrons. The van der Waals surface area contributed by atoms with Crippen molar-refractivity contribution in [2.45, 2.75) is 39.7 Å². The molecule has 34 heavy (non-hydrogen) atoms. The van der Waals surface area contributed by atoms with E-state index in [1.807, 2.05) is 19.9 Å². The molecule has 0 spiro atoms. The third-order valence-electron chi connectivity index (χ3n) is 4.63. The first-order chi connectivity index (χ1) is 16.1. The third kappa shape index (κ3) is 6.04. The van der Waals surface area contributed by atoms with Crippen molar-refractivity contribution in [3.63, 3.8) is 0 Å². The number of methoxy groups -OCH3 is 1. The zero-order valence-electron chi connectivity index (χ0n) is 19.5. The maximum Gasteiger partial charge on any atom is 0.344 e. The summed E-state index contributed by atoms with van der Waals surface area (Å²) >= 11 is 6.85. The summed E-state index contributed by atoms with van der Waals surface area (Å²) in [5, 5.41) is 4.90. The van der Waals surface area contributed by atoms with Gasteiger partial charge in [0, 0.05) is 20.4 Å². The van der Waals surface area contributed by atoms with E-state index in [9.17, 15) is 9.59 Å². The van der Waals surface area contributed by atoms with Crippen molar-refractivity contribution >= 4 is 54.9 Å². The van der Waals surface area contributed by atoms with Gasteiger partial charge in [0.1, 0.15) is 5.82 Å². The zero-order valence-corrected chi connectivity index (χ0v) is 22.6. The van der Waals surface area contributed by atoms with Crippen molar-refractivity contribution < 1.29 is 19.0 Å². The minimum absolute atomic E-state index is 0.0588. The van der Waals surface area contributed by atoms with Crippen LogP contribution in [0, 0.1) is 0 Å². The van der Waals surface area contributed by atoms with E-state index in [4.69, 9.17) is 14.2 Å². The Hall–Kier alpha value is -2.72. The Morgan fingerprint density at radius 2 is 1.88 bits per heavy atom. The highest BCUT2D eigenvalue weighted by Gasteiger charge is 2.17. The minimum atomic E-state index is -0.509. The van der Waals surface area contributed by atoms with Crippen molar-refractivity contribution in [3.05, 3.63) is 61.0 Å². The topological polar surface area (TPSA) is 92.0 Å². The number of nitrogens with zero attached hydrogens (tertiary/aromatic N) is 3. The van der Waals surface area contributed by atoms with Gasteiger partial charge in [-0.1, -0.05) is 45.7 Å². The average molecular weight is 595 g/mol. The second-order valence-electron chi connectivity index (χ2n) is 8.00. The maximum absolute atomic E-state index is 13.3. The molecule has 0 N–H and O–H groups in total. The molecule has 0 unspecified atom stereocenters. The Morgan fingerprint density at radius 1 is 1.15 bits per heavy atom. The van der Waals surface area contributed by atoms with Crippen LogP contribution in [-0.2, 0) is 9.53 Å². The molecule has 0 atom stereocenters. The first-order valence-electron chi connectivity index (χ1n) is 10.6. The van der Waals surface area contributed by atoms with Crippen LogP contribution in [0.15, 0.2) is 49.2 Å². The Morgan fingerprint density at radius 3 is 2.53 bits per heavy atom.